The Morgan fingerprint density at radius 2 is 0.773 bits per heavy atom. The number of hydrogen-bond donors (Lipinski definition) is 1. The number of nitrogens with zero attached hydrogens (tertiary/aromatic N) is 2. The van der Waals surface area contributed by atoms with E-state index >= 15 is 0 Å². The van der Waals surface area contributed by atoms with Gasteiger partial charge in [-0.1, -0.05) is 0 Å². The Balaban J connectivity index is -0.00000180. The van der Waals surface area contributed by atoms with E-state index < -0.39 is 50.1 Å². The van der Waals surface area contributed by atoms with Crippen molar-refractivity contribution in [2.24, 2.45) is 0 Å². The Labute approximate surface area is 167 Å². The minimum absolute atomic E-state index is 0. The van der Waals surface area contributed by atoms with Gasteiger partial charge in [-0.3, -0.25) is 9.80 Å². The van der Waals surface area contributed by atoms with E-state index in [2.05, 4.69) is 0 Å². The van der Waals surface area contributed by atoms with Crippen LogP contribution >= 0.6 is 0 Å². The smallest absolute Gasteiger partial charge is 0.549 e. The Bertz CT molecular complexity index is 324. The summed E-state index contributed by atoms with van der Waals surface area (Å²) in [5, 5.41) is 41.6. The van der Waals surface area contributed by atoms with Crippen LogP contribution in [-0.4, -0.2) is 72.9 Å². The summed E-state index contributed by atoms with van der Waals surface area (Å²) in [6.07, 6.45) is 0. The average Bonchev–Trinajstić information content (AvgIpc) is 2.22. The number of carbonyl (C=O) groups is 4. The zero-order valence-electron chi connectivity index (χ0n) is 11.8. The fourth-order valence-electron chi connectivity index (χ4n) is 1.44. The van der Waals surface area contributed by atoms with Gasteiger partial charge in [-0.05, 0) is 0 Å². The van der Waals surface area contributed by atoms with Crippen LogP contribution < -0.4 is 26.6 Å². The van der Waals surface area contributed by atoms with E-state index in [1.807, 2.05) is 0 Å². The van der Waals surface area contributed by atoms with Gasteiger partial charge in [0.2, 0.25) is 0 Å². The molecule has 0 aromatic heterocycles. The standard InChI is InChI=1S/C10H16N2O8.Eu.H3N/c13-7(14)3-11(4-8(15)16)1-2-12(5-9(17)18)6-10(19)20;;/h1-6H2,(H,13,14)(H,15,16)(H,17,18)(H,19,20);;1H3/q;+3;/p-3. The molecule has 0 fully saturated rings. The Morgan fingerprint density at radius 1 is 0.591 bits per heavy atom. The number of carboxylic acid groups (broad SMARTS) is 4. The molecule has 0 aliphatic carbocycles. The van der Waals surface area contributed by atoms with Crippen molar-refractivity contribution in [1.82, 2.24) is 16.0 Å². The van der Waals surface area contributed by atoms with Crippen LogP contribution in [0, 0.1) is 49.4 Å². The fourth-order valence-corrected chi connectivity index (χ4v) is 1.44. The maximum Gasteiger partial charge on any atom is 3.00 e. The summed E-state index contributed by atoms with van der Waals surface area (Å²) in [5.74, 6) is -6.12. The molecule has 0 saturated heterocycles. The van der Waals surface area contributed by atoms with E-state index in [1.54, 1.807) is 0 Å². The van der Waals surface area contributed by atoms with Gasteiger partial charge >= 0.3 is 49.4 Å². The molecule has 0 bridgehead atoms. The van der Waals surface area contributed by atoms with Crippen LogP contribution in [-0.2, 0) is 19.2 Å². The zero-order chi connectivity index (χ0) is 15.7. The molecule has 12 heteroatoms. The van der Waals surface area contributed by atoms with Crippen LogP contribution in [0.5, 0.6) is 0 Å². The zero-order valence-corrected chi connectivity index (χ0v) is 14.2. The predicted molar refractivity (Wildman–Crippen MR) is 58.9 cm³/mol. The van der Waals surface area contributed by atoms with Crippen molar-refractivity contribution >= 4 is 23.9 Å². The monoisotopic (exact) mass is 459 g/mol. The van der Waals surface area contributed by atoms with Gasteiger partial charge in [0.05, 0.1) is 23.9 Å². The Morgan fingerprint density at radius 3 is 0.909 bits per heavy atom. The summed E-state index contributed by atoms with van der Waals surface area (Å²) in [7, 11) is 0. The number of aliphatic carboxylic acids is 4. The van der Waals surface area contributed by atoms with Crippen molar-refractivity contribution in [1.29, 1.82) is 0 Å². The molecule has 0 aromatic carbocycles. The largest absolute Gasteiger partial charge is 3.00 e. The number of carbonyl (C=O) groups excluding carboxylic acids is 4. The Kier molecular flexibility index (Phi) is 16.7. The predicted octanol–water partition coefficient (Wildman–Crippen LogP) is -7.03. The second-order valence-corrected chi connectivity index (χ2v) is 3.91. The van der Waals surface area contributed by atoms with Gasteiger partial charge in [-0.25, -0.2) is 0 Å². The van der Waals surface area contributed by atoms with Crippen molar-refractivity contribution in [3.8, 4) is 0 Å². The van der Waals surface area contributed by atoms with Crippen molar-refractivity contribution < 1.29 is 89.0 Å². The van der Waals surface area contributed by atoms with Crippen molar-refractivity contribution in [2.75, 3.05) is 39.3 Å². The second-order valence-electron chi connectivity index (χ2n) is 3.91. The van der Waals surface area contributed by atoms with E-state index in [0.29, 0.717) is 0 Å². The quantitative estimate of drug-likeness (QED) is 0.310. The number of rotatable bonds is 11. The van der Waals surface area contributed by atoms with Crippen molar-refractivity contribution in [3.63, 3.8) is 0 Å². The van der Waals surface area contributed by atoms with Crippen molar-refractivity contribution in [2.45, 2.75) is 0 Å². The second kappa shape index (κ2) is 14.0. The third-order valence-electron chi connectivity index (χ3n) is 2.14. The molecule has 0 aliphatic rings. The van der Waals surface area contributed by atoms with Gasteiger partial charge in [0, 0.05) is 39.3 Å². The Hall–Kier alpha value is -0.656. The molecule has 0 atom stereocenters. The molecule has 4 N–H and O–H groups in total. The fraction of sp³-hybridized carbons (Fsp3) is 0.600. The molecule has 0 radical (unpaired) electrons. The summed E-state index contributed by atoms with van der Waals surface area (Å²) < 4.78 is 0. The number of carboxylic acids is 4. The maximum atomic E-state index is 10.4. The molecular weight excluding hydrogens is 442 g/mol. The third-order valence-corrected chi connectivity index (χ3v) is 2.14. The van der Waals surface area contributed by atoms with Crippen LogP contribution in [0.1, 0.15) is 0 Å². The van der Waals surface area contributed by atoms with E-state index in [-0.39, 0.29) is 68.6 Å². The molecule has 0 unspecified atom stereocenters. The van der Waals surface area contributed by atoms with Gasteiger partial charge in [-0.2, -0.15) is 0 Å². The average molecular weight is 458 g/mol. The SMILES string of the molecule is O=C([O-])CN(CCN(CC(=O)[O-])CC(=O)[O-])CC(=O)[O-].[Eu+3].[NH4+]. The molecule has 0 spiro atoms. The molecule has 22 heavy (non-hydrogen) atoms. The number of hydrogen-bond acceptors (Lipinski definition) is 10. The molecule has 0 saturated carbocycles. The molecule has 0 heterocycles. The first-order valence-electron chi connectivity index (χ1n) is 5.44. The van der Waals surface area contributed by atoms with Crippen molar-refractivity contribution in [3.05, 3.63) is 0 Å². The molecule has 0 aromatic rings. The van der Waals surface area contributed by atoms with Gasteiger partial charge in [0.1, 0.15) is 0 Å². The first kappa shape index (κ1) is 26.3. The van der Waals surface area contributed by atoms with Gasteiger partial charge in [-0.15, -0.1) is 0 Å². The third kappa shape index (κ3) is 15.7. The van der Waals surface area contributed by atoms with Crippen LogP contribution in [0.2, 0.25) is 0 Å². The molecule has 0 amide bonds. The first-order valence-corrected chi connectivity index (χ1v) is 5.44. The topological polar surface area (TPSA) is 204 Å². The van der Waals surface area contributed by atoms with Crippen LogP contribution in [0.3, 0.4) is 0 Å². The van der Waals surface area contributed by atoms with Gasteiger partial charge in [0.25, 0.3) is 0 Å². The van der Waals surface area contributed by atoms with Gasteiger partial charge < -0.3 is 45.8 Å². The first-order chi connectivity index (χ1) is 9.20. The molecule has 0 aliphatic heterocycles. The van der Waals surface area contributed by atoms with Crippen LogP contribution in [0.4, 0.5) is 0 Å². The minimum Gasteiger partial charge on any atom is -0.549 e. The van der Waals surface area contributed by atoms with E-state index in [0.717, 1.165) is 9.80 Å². The molecule has 11 nitrogen and oxygen atoms in total. The van der Waals surface area contributed by atoms with E-state index in [1.165, 1.54) is 0 Å². The number of quaternary nitrogens is 1. The molecule has 0 rings (SSSR count). The summed E-state index contributed by atoms with van der Waals surface area (Å²) in [5.41, 5.74) is 0. The van der Waals surface area contributed by atoms with Crippen LogP contribution in [0.15, 0.2) is 0 Å². The van der Waals surface area contributed by atoms with Gasteiger partial charge in [0.15, 0.2) is 0 Å². The maximum absolute atomic E-state index is 10.4. The summed E-state index contributed by atoms with van der Waals surface area (Å²) in [4.78, 5) is 43.4. The summed E-state index contributed by atoms with van der Waals surface area (Å²) in [6, 6.07) is 0. The van der Waals surface area contributed by atoms with E-state index in [4.69, 9.17) is 0 Å². The molecule has 126 valence electrons. The summed E-state index contributed by atoms with van der Waals surface area (Å²) in [6.45, 7) is -3.25. The van der Waals surface area contributed by atoms with E-state index in [9.17, 15) is 39.6 Å². The normalized spacial score (nSPS) is 9.73. The summed E-state index contributed by atoms with van der Waals surface area (Å²) >= 11 is 0. The molecular formula is C10H16EuN3O8. The minimum atomic E-state index is -1.53. The van der Waals surface area contributed by atoms with Crippen LogP contribution in [0.25, 0.3) is 0 Å².